The highest BCUT2D eigenvalue weighted by molar-refractivity contribution is 7.98. The third kappa shape index (κ3) is 2.85. The quantitative estimate of drug-likeness (QED) is 0.735. The molecule has 14 heavy (non-hydrogen) atoms. The molecule has 1 rings (SSSR count). The number of alkyl halides is 2. The Bertz CT molecular complexity index is 294. The zero-order chi connectivity index (χ0) is 10.8. The second kappa shape index (κ2) is 4.49. The van der Waals surface area contributed by atoms with Crippen molar-refractivity contribution in [3.63, 3.8) is 0 Å². The highest BCUT2D eigenvalue weighted by Gasteiger charge is 2.23. The van der Waals surface area contributed by atoms with Gasteiger partial charge >= 0.3 is 0 Å². The highest BCUT2D eigenvalue weighted by atomic mass is 35.5. The van der Waals surface area contributed by atoms with E-state index in [4.69, 9.17) is 11.6 Å². The summed E-state index contributed by atoms with van der Waals surface area (Å²) < 4.78 is 13.2. The van der Waals surface area contributed by atoms with E-state index in [0.717, 1.165) is 5.56 Å². The Balaban J connectivity index is 2.89. The molecule has 0 fully saturated rings. The minimum absolute atomic E-state index is 0.260. The molecule has 1 aromatic rings. The van der Waals surface area contributed by atoms with Gasteiger partial charge in [-0.3, -0.25) is 4.98 Å². The molecule has 1 nitrogen and oxygen atoms in total. The van der Waals surface area contributed by atoms with Gasteiger partial charge in [0.05, 0.1) is 5.69 Å². The number of rotatable bonds is 3. The number of pyridine rings is 1. The number of halogens is 2. The third-order valence-corrected chi connectivity index (χ3v) is 3.23. The lowest BCUT2D eigenvalue weighted by Crippen LogP contribution is -2.08. The molecule has 0 aliphatic rings. The van der Waals surface area contributed by atoms with Gasteiger partial charge in [0.25, 0.3) is 0 Å². The lowest BCUT2D eigenvalue weighted by molar-refractivity contribution is 0.306. The molecule has 0 saturated carbocycles. The molecule has 78 valence electrons. The molecule has 2 unspecified atom stereocenters. The lowest BCUT2D eigenvalue weighted by Gasteiger charge is -2.13. The maximum atomic E-state index is 13.2. The van der Waals surface area contributed by atoms with Crippen molar-refractivity contribution in [3.05, 3.63) is 29.6 Å². The molecule has 4 heteroatoms. The molecule has 1 heterocycles. The van der Waals surface area contributed by atoms with Crippen LogP contribution in [0.4, 0.5) is 4.39 Å². The van der Waals surface area contributed by atoms with Gasteiger partial charge in [-0.2, -0.15) is 11.8 Å². The van der Waals surface area contributed by atoms with Crippen LogP contribution in [0.1, 0.15) is 30.4 Å². The van der Waals surface area contributed by atoms with Crippen LogP contribution in [0, 0.1) is 0 Å². The topological polar surface area (TPSA) is 12.9 Å². The van der Waals surface area contributed by atoms with Gasteiger partial charge in [-0.25, -0.2) is 4.39 Å². The lowest BCUT2D eigenvalue weighted by atomic mass is 10.2. The smallest absolute Gasteiger partial charge is 0.222 e. The average Bonchev–Trinajstić information content (AvgIpc) is 2.15. The van der Waals surface area contributed by atoms with Crippen LogP contribution in [0.3, 0.4) is 0 Å². The molecule has 0 N–H and O–H groups in total. The van der Waals surface area contributed by atoms with Crippen molar-refractivity contribution in [1.29, 1.82) is 0 Å². The standard InChI is InChI=1S/C10H13ClFNS/c1-7(14-3)8-4-5-9(13-6-8)10(2,11)12/h4-7H,1-3H3. The van der Waals surface area contributed by atoms with E-state index in [1.807, 2.05) is 12.3 Å². The van der Waals surface area contributed by atoms with Crippen LogP contribution in [-0.2, 0) is 5.13 Å². The van der Waals surface area contributed by atoms with Crippen LogP contribution in [0.2, 0.25) is 0 Å². The molecule has 0 aromatic carbocycles. The summed E-state index contributed by atoms with van der Waals surface area (Å²) in [5.74, 6) is 0. The maximum Gasteiger partial charge on any atom is 0.222 e. The van der Waals surface area contributed by atoms with Crippen molar-refractivity contribution in [2.45, 2.75) is 24.2 Å². The van der Waals surface area contributed by atoms with Gasteiger partial charge in [-0.15, -0.1) is 0 Å². The molecule has 0 amide bonds. The van der Waals surface area contributed by atoms with Crippen LogP contribution >= 0.6 is 23.4 Å². The fraction of sp³-hybridized carbons (Fsp3) is 0.500. The fourth-order valence-electron chi connectivity index (χ4n) is 1.04. The molecular weight excluding hydrogens is 221 g/mol. The normalized spacial score (nSPS) is 17.5. The first-order valence-corrected chi connectivity index (χ1v) is 5.98. The van der Waals surface area contributed by atoms with Gasteiger partial charge < -0.3 is 0 Å². The summed E-state index contributed by atoms with van der Waals surface area (Å²) >= 11 is 7.21. The Morgan fingerprint density at radius 3 is 2.57 bits per heavy atom. The van der Waals surface area contributed by atoms with Gasteiger partial charge in [0.15, 0.2) is 0 Å². The second-order valence-corrected chi connectivity index (χ2v) is 5.13. The van der Waals surface area contributed by atoms with Gasteiger partial charge in [0.1, 0.15) is 0 Å². The number of nitrogens with zero attached hydrogens (tertiary/aromatic N) is 1. The Morgan fingerprint density at radius 1 is 1.57 bits per heavy atom. The van der Waals surface area contributed by atoms with E-state index in [1.165, 1.54) is 6.92 Å². The van der Waals surface area contributed by atoms with E-state index in [0.29, 0.717) is 5.25 Å². The van der Waals surface area contributed by atoms with E-state index in [-0.39, 0.29) is 5.69 Å². The third-order valence-electron chi connectivity index (χ3n) is 2.06. The second-order valence-electron chi connectivity index (χ2n) is 3.24. The first-order valence-electron chi connectivity index (χ1n) is 4.32. The minimum Gasteiger partial charge on any atom is -0.256 e. The number of thioether (sulfide) groups is 1. The Hall–Kier alpha value is -0.280. The van der Waals surface area contributed by atoms with Crippen molar-refractivity contribution in [1.82, 2.24) is 4.98 Å². The SMILES string of the molecule is CSC(C)c1ccc(C(C)(F)Cl)nc1. The van der Waals surface area contributed by atoms with Crippen LogP contribution in [0.5, 0.6) is 0 Å². The van der Waals surface area contributed by atoms with Crippen LogP contribution < -0.4 is 0 Å². The molecule has 0 aliphatic carbocycles. The van der Waals surface area contributed by atoms with E-state index < -0.39 is 5.13 Å². The molecule has 2 atom stereocenters. The summed E-state index contributed by atoms with van der Waals surface area (Å²) in [4.78, 5) is 4.00. The highest BCUT2D eigenvalue weighted by Crippen LogP contribution is 2.30. The summed E-state index contributed by atoms with van der Waals surface area (Å²) in [5, 5.41) is -1.50. The summed E-state index contributed by atoms with van der Waals surface area (Å²) in [6.07, 6.45) is 3.70. The summed E-state index contributed by atoms with van der Waals surface area (Å²) in [6, 6.07) is 3.50. The predicted octanol–water partition coefficient (Wildman–Crippen LogP) is 3.89. The van der Waals surface area contributed by atoms with Crippen molar-refractivity contribution < 1.29 is 4.39 Å². The van der Waals surface area contributed by atoms with Crippen molar-refractivity contribution in [3.8, 4) is 0 Å². The van der Waals surface area contributed by atoms with Gasteiger partial charge in [0, 0.05) is 11.4 Å². The van der Waals surface area contributed by atoms with E-state index in [1.54, 1.807) is 24.0 Å². The number of hydrogen-bond donors (Lipinski definition) is 0. The summed E-state index contributed by atoms with van der Waals surface area (Å²) in [7, 11) is 0. The average molecular weight is 234 g/mol. The first-order chi connectivity index (χ1) is 6.45. The Morgan fingerprint density at radius 2 is 2.21 bits per heavy atom. The first kappa shape index (κ1) is 11.8. The van der Waals surface area contributed by atoms with Crippen molar-refractivity contribution in [2.75, 3.05) is 6.26 Å². The van der Waals surface area contributed by atoms with Gasteiger partial charge in [-0.05, 0) is 31.7 Å². The van der Waals surface area contributed by atoms with Crippen molar-refractivity contribution >= 4 is 23.4 Å². The largest absolute Gasteiger partial charge is 0.256 e. The van der Waals surface area contributed by atoms with Crippen molar-refractivity contribution in [2.24, 2.45) is 0 Å². The number of hydrogen-bond acceptors (Lipinski definition) is 2. The molecule has 0 saturated heterocycles. The zero-order valence-corrected chi connectivity index (χ0v) is 9.99. The molecule has 1 aromatic heterocycles. The number of aromatic nitrogens is 1. The predicted molar refractivity (Wildman–Crippen MR) is 60.5 cm³/mol. The Labute approximate surface area is 93.1 Å². The van der Waals surface area contributed by atoms with Gasteiger partial charge in [0.2, 0.25) is 5.13 Å². The molecule has 0 aliphatic heterocycles. The van der Waals surface area contributed by atoms with Crippen LogP contribution in [0.15, 0.2) is 18.3 Å². The monoisotopic (exact) mass is 233 g/mol. The van der Waals surface area contributed by atoms with Crippen LogP contribution in [0.25, 0.3) is 0 Å². The summed E-state index contributed by atoms with van der Waals surface area (Å²) in [6.45, 7) is 3.37. The maximum absolute atomic E-state index is 13.2. The van der Waals surface area contributed by atoms with Gasteiger partial charge in [-0.1, -0.05) is 17.7 Å². The van der Waals surface area contributed by atoms with E-state index >= 15 is 0 Å². The van der Waals surface area contributed by atoms with Crippen LogP contribution in [-0.4, -0.2) is 11.2 Å². The molecular formula is C10H13ClFNS. The van der Waals surface area contributed by atoms with E-state index in [2.05, 4.69) is 11.9 Å². The van der Waals surface area contributed by atoms with E-state index in [9.17, 15) is 4.39 Å². The molecule has 0 radical (unpaired) electrons. The molecule has 0 bridgehead atoms. The zero-order valence-electron chi connectivity index (χ0n) is 8.42. The molecule has 0 spiro atoms. The minimum atomic E-state index is -1.87. The summed E-state index contributed by atoms with van der Waals surface area (Å²) in [5.41, 5.74) is 1.35. The Kier molecular flexibility index (Phi) is 3.78. The fourth-order valence-corrected chi connectivity index (χ4v) is 1.56.